The fourth-order valence-corrected chi connectivity index (χ4v) is 10.7. The number of nitriles is 2. The maximum atomic E-state index is 12.6. The first-order valence-corrected chi connectivity index (χ1v) is 26.4. The normalized spacial score (nSPS) is 12.0. The monoisotopic (exact) mass is 1080 g/mol. The van der Waals surface area contributed by atoms with E-state index < -0.39 is 45.0 Å². The number of aromatic nitrogens is 1. The van der Waals surface area contributed by atoms with Gasteiger partial charge < -0.3 is 16.0 Å². The van der Waals surface area contributed by atoms with Crippen molar-refractivity contribution in [3.8, 4) is 23.3 Å². The van der Waals surface area contributed by atoms with E-state index in [-0.39, 0.29) is 76.7 Å². The third-order valence-electron chi connectivity index (χ3n) is 10.6. The number of fused-ring (bicyclic) bond motifs is 1. The van der Waals surface area contributed by atoms with Crippen LogP contribution in [0.4, 0.5) is 50.1 Å². The molecule has 0 radical (unpaired) electrons. The van der Waals surface area contributed by atoms with Gasteiger partial charge in [0.2, 0.25) is 0 Å². The highest BCUT2D eigenvalue weighted by Gasteiger charge is 2.25. The van der Waals surface area contributed by atoms with Crippen LogP contribution in [0.25, 0.3) is 21.9 Å². The standard InChI is InChI=1S/C47H32Cl2N10O9S4/c1-26-36(23-50)44(54-32-18-19-38(49)41(21-32)72(66,67)68)55-45(53-31-16-12-29(48)13-17-31)43(26)57-58-46-37(24-51)42(28-10-14-30(15-11-28)52-25-27-6-3-2-4-7-27)47(69-46)59-56-33-20-35-34(40(22-33)71(63,64)65)8-5-9-39(35)70(60,61)62/h2-22,52H,25H2,1H3,(H2,53,54,55)(H,60,61,62)(H,63,64,65)(H,66,67,68). The summed E-state index contributed by atoms with van der Waals surface area (Å²) >= 11 is 13.0. The highest BCUT2D eigenvalue weighted by atomic mass is 35.5. The molecule has 6 aromatic carbocycles. The predicted molar refractivity (Wildman–Crippen MR) is 273 cm³/mol. The van der Waals surface area contributed by atoms with Crippen molar-refractivity contribution in [2.24, 2.45) is 20.5 Å². The van der Waals surface area contributed by atoms with Crippen molar-refractivity contribution >= 4 is 126 Å². The van der Waals surface area contributed by atoms with Crippen LogP contribution in [0.15, 0.2) is 163 Å². The maximum Gasteiger partial charge on any atom is 0.296 e. The molecular weight excluding hydrogens is 1050 g/mol. The third kappa shape index (κ3) is 11.3. The van der Waals surface area contributed by atoms with E-state index in [4.69, 9.17) is 23.2 Å². The Balaban J connectivity index is 1.27. The van der Waals surface area contributed by atoms with E-state index in [2.05, 4.69) is 53.5 Å². The van der Waals surface area contributed by atoms with Gasteiger partial charge in [-0.3, -0.25) is 13.7 Å². The van der Waals surface area contributed by atoms with E-state index in [1.165, 1.54) is 24.3 Å². The van der Waals surface area contributed by atoms with Gasteiger partial charge >= 0.3 is 0 Å². The summed E-state index contributed by atoms with van der Waals surface area (Å²) in [6, 6.07) is 36.6. The maximum absolute atomic E-state index is 12.6. The first kappa shape index (κ1) is 50.7. The zero-order chi connectivity index (χ0) is 51.5. The lowest BCUT2D eigenvalue weighted by Crippen LogP contribution is -2.05. The van der Waals surface area contributed by atoms with Gasteiger partial charge in [0, 0.05) is 50.5 Å². The lowest BCUT2D eigenvalue weighted by Gasteiger charge is -2.16. The second kappa shape index (κ2) is 20.6. The molecule has 0 aliphatic heterocycles. The first-order valence-electron chi connectivity index (χ1n) is 20.5. The zero-order valence-electron chi connectivity index (χ0n) is 36.6. The van der Waals surface area contributed by atoms with Crippen LogP contribution in [0.3, 0.4) is 0 Å². The number of pyridine rings is 1. The van der Waals surface area contributed by atoms with Crippen molar-refractivity contribution < 1.29 is 38.9 Å². The number of anilines is 5. The van der Waals surface area contributed by atoms with E-state index in [0.29, 0.717) is 22.8 Å². The summed E-state index contributed by atoms with van der Waals surface area (Å²) < 4.78 is 104. The molecule has 0 saturated heterocycles. The molecule has 8 rings (SSSR count). The molecule has 0 fully saturated rings. The SMILES string of the molecule is Cc1c(C#N)c(Nc2ccc(Cl)c(S(=O)(=O)O)c2)nc(Nc2ccc(Cl)cc2)c1N=Nc1sc(N=Nc2cc(S(=O)(=O)O)c3cccc(S(=O)(=O)O)c3c2)c(-c2ccc(NCc3ccccc3)cc2)c1C#N. The van der Waals surface area contributed by atoms with Gasteiger partial charge in [-0.1, -0.05) is 89.1 Å². The molecule has 0 amide bonds. The van der Waals surface area contributed by atoms with Crippen molar-refractivity contribution in [2.45, 2.75) is 28.2 Å². The van der Waals surface area contributed by atoms with Crippen LogP contribution in [0.2, 0.25) is 10.0 Å². The molecule has 0 aliphatic rings. The molecule has 8 aromatic rings. The van der Waals surface area contributed by atoms with Gasteiger partial charge in [-0.25, -0.2) is 4.98 Å². The van der Waals surface area contributed by atoms with Crippen LogP contribution < -0.4 is 16.0 Å². The van der Waals surface area contributed by atoms with Gasteiger partial charge in [-0.05, 0) is 90.8 Å². The summed E-state index contributed by atoms with van der Waals surface area (Å²) in [6.07, 6.45) is 0. The van der Waals surface area contributed by atoms with Crippen molar-refractivity contribution in [3.05, 3.63) is 160 Å². The molecule has 6 N–H and O–H groups in total. The number of azo groups is 2. The van der Waals surface area contributed by atoms with Gasteiger partial charge in [-0.2, -0.15) is 35.8 Å². The van der Waals surface area contributed by atoms with Crippen LogP contribution in [-0.4, -0.2) is 43.9 Å². The van der Waals surface area contributed by atoms with Crippen LogP contribution in [0, 0.1) is 29.6 Å². The van der Waals surface area contributed by atoms with Crippen LogP contribution in [0.1, 0.15) is 22.3 Å². The molecule has 362 valence electrons. The van der Waals surface area contributed by atoms with Crippen molar-refractivity contribution in [2.75, 3.05) is 16.0 Å². The van der Waals surface area contributed by atoms with Gasteiger partial charge in [0.25, 0.3) is 30.4 Å². The van der Waals surface area contributed by atoms with Gasteiger partial charge in [0.15, 0.2) is 16.6 Å². The summed E-state index contributed by atoms with van der Waals surface area (Å²) in [5.74, 6) is -0.0443. The van der Waals surface area contributed by atoms with E-state index in [1.807, 2.05) is 30.3 Å². The number of hydrogen-bond donors (Lipinski definition) is 6. The lowest BCUT2D eigenvalue weighted by atomic mass is 10.0. The van der Waals surface area contributed by atoms with Crippen LogP contribution >= 0.6 is 34.5 Å². The minimum atomic E-state index is -5.00. The average Bonchev–Trinajstić information content (AvgIpc) is 3.70. The summed E-state index contributed by atoms with van der Waals surface area (Å²) in [7, 11) is -14.7. The largest absolute Gasteiger partial charge is 0.381 e. The molecule has 0 saturated carbocycles. The van der Waals surface area contributed by atoms with Gasteiger partial charge in [0.1, 0.15) is 43.1 Å². The number of benzene rings is 6. The molecule has 0 spiro atoms. The quantitative estimate of drug-likeness (QED) is 0.0411. The Labute approximate surface area is 425 Å². The number of rotatable bonds is 15. The second-order valence-electron chi connectivity index (χ2n) is 15.3. The lowest BCUT2D eigenvalue weighted by molar-refractivity contribution is 0.481. The third-order valence-corrected chi connectivity index (χ3v) is 14.9. The van der Waals surface area contributed by atoms with Gasteiger partial charge in [0.05, 0.1) is 16.3 Å². The summed E-state index contributed by atoms with van der Waals surface area (Å²) in [4.78, 5) is 2.65. The smallest absolute Gasteiger partial charge is 0.296 e. The molecule has 0 atom stereocenters. The minimum absolute atomic E-state index is 0.0150. The summed E-state index contributed by atoms with van der Waals surface area (Å²) in [6.45, 7) is 2.06. The highest BCUT2D eigenvalue weighted by molar-refractivity contribution is 7.86. The van der Waals surface area contributed by atoms with Crippen molar-refractivity contribution in [1.82, 2.24) is 4.98 Å². The first-order chi connectivity index (χ1) is 34.2. The van der Waals surface area contributed by atoms with E-state index >= 15 is 0 Å². The van der Waals surface area contributed by atoms with Crippen molar-refractivity contribution in [1.29, 1.82) is 10.5 Å². The Morgan fingerprint density at radius 1 is 0.611 bits per heavy atom. The second-order valence-corrected chi connectivity index (χ2v) is 21.3. The number of hydrogen-bond acceptors (Lipinski definition) is 17. The Bertz CT molecular complexity index is 3960. The Morgan fingerprint density at radius 2 is 1.24 bits per heavy atom. The molecule has 0 bridgehead atoms. The highest BCUT2D eigenvalue weighted by Crippen LogP contribution is 2.49. The van der Waals surface area contributed by atoms with Crippen LogP contribution in [0.5, 0.6) is 0 Å². The molecule has 0 aliphatic carbocycles. The fraction of sp³-hybridized carbons (Fsp3) is 0.0426. The Hall–Kier alpha value is -7.68. The van der Waals surface area contributed by atoms with Gasteiger partial charge in [-0.15, -0.1) is 20.5 Å². The summed E-state index contributed by atoms with van der Waals surface area (Å²) in [5.41, 5.74) is 2.84. The predicted octanol–water partition coefficient (Wildman–Crippen LogP) is 13.0. The van der Waals surface area contributed by atoms with E-state index in [0.717, 1.165) is 46.9 Å². The molecule has 0 unspecified atom stereocenters. The van der Waals surface area contributed by atoms with E-state index in [9.17, 15) is 49.4 Å². The molecule has 25 heteroatoms. The van der Waals surface area contributed by atoms with Crippen LogP contribution in [-0.2, 0) is 36.9 Å². The zero-order valence-corrected chi connectivity index (χ0v) is 41.4. The number of nitrogens with one attached hydrogen (secondary N) is 3. The van der Waals surface area contributed by atoms with Crippen molar-refractivity contribution in [3.63, 3.8) is 0 Å². The molecule has 72 heavy (non-hydrogen) atoms. The average molecular weight is 1080 g/mol. The topological polar surface area (TPSA) is 309 Å². The molecular formula is C47H32Cl2N10O9S4. The number of nitrogens with zero attached hydrogens (tertiary/aromatic N) is 7. The Morgan fingerprint density at radius 3 is 1.89 bits per heavy atom. The molecule has 19 nitrogen and oxygen atoms in total. The fourth-order valence-electron chi connectivity index (χ4n) is 7.20. The summed E-state index contributed by atoms with van der Waals surface area (Å²) in [5, 5.41) is 47.9. The number of thiophene rings is 1. The van der Waals surface area contributed by atoms with E-state index in [1.54, 1.807) is 55.5 Å². The Kier molecular flexibility index (Phi) is 14.5. The minimum Gasteiger partial charge on any atom is -0.381 e. The number of halogens is 2. The molecule has 2 heterocycles. The molecule has 2 aromatic heterocycles.